The van der Waals surface area contributed by atoms with E-state index in [0.717, 1.165) is 31.4 Å². The summed E-state index contributed by atoms with van der Waals surface area (Å²) in [6.07, 6.45) is 1.89. The second kappa shape index (κ2) is 6.41. The number of hydrogen-bond acceptors (Lipinski definition) is 3. The molecule has 0 spiro atoms. The molecule has 2 N–H and O–H groups in total. The molecule has 2 rings (SSSR count). The molecule has 0 heterocycles. The molecule has 1 aromatic rings. The first kappa shape index (κ1) is 14.4. The maximum Gasteiger partial charge on any atom is 0.131 e. The molecular formula is C14H19F2NO2. The highest BCUT2D eigenvalue weighted by Crippen LogP contribution is 2.24. The number of hydrogen-bond donors (Lipinski definition) is 2. The van der Waals surface area contributed by atoms with Gasteiger partial charge in [-0.3, -0.25) is 0 Å². The molecule has 106 valence electrons. The Morgan fingerprint density at radius 3 is 2.68 bits per heavy atom. The molecule has 3 unspecified atom stereocenters. The topological polar surface area (TPSA) is 41.5 Å². The van der Waals surface area contributed by atoms with Gasteiger partial charge in [-0.25, -0.2) is 8.78 Å². The lowest BCUT2D eigenvalue weighted by Crippen LogP contribution is -2.39. The number of ether oxygens (including phenoxy) is 1. The number of aliphatic hydroxyl groups is 1. The summed E-state index contributed by atoms with van der Waals surface area (Å²) in [6, 6.07) is 3.71. The van der Waals surface area contributed by atoms with Gasteiger partial charge in [0.05, 0.1) is 17.8 Å². The Bertz CT molecular complexity index is 408. The van der Waals surface area contributed by atoms with Gasteiger partial charge in [-0.05, 0) is 31.4 Å². The van der Waals surface area contributed by atoms with Crippen molar-refractivity contribution in [2.45, 2.75) is 37.5 Å². The van der Waals surface area contributed by atoms with Crippen LogP contribution >= 0.6 is 0 Å². The van der Waals surface area contributed by atoms with Crippen molar-refractivity contribution in [3.63, 3.8) is 0 Å². The highest BCUT2D eigenvalue weighted by Gasteiger charge is 2.28. The fourth-order valence-corrected chi connectivity index (χ4v) is 2.64. The molecule has 0 aromatic heterocycles. The number of rotatable bonds is 5. The molecule has 1 fully saturated rings. The Kier molecular flexibility index (Phi) is 4.85. The van der Waals surface area contributed by atoms with Crippen molar-refractivity contribution in [2.24, 2.45) is 0 Å². The number of nitrogens with one attached hydrogen (secondary N) is 1. The summed E-state index contributed by atoms with van der Waals surface area (Å²) in [7, 11) is 1.65. The lowest BCUT2D eigenvalue weighted by molar-refractivity contribution is 0.0772. The molecule has 3 atom stereocenters. The Labute approximate surface area is 111 Å². The Hall–Kier alpha value is -1.04. The fourth-order valence-electron chi connectivity index (χ4n) is 2.64. The summed E-state index contributed by atoms with van der Waals surface area (Å²) < 4.78 is 32.3. The van der Waals surface area contributed by atoms with Gasteiger partial charge in [0, 0.05) is 19.7 Å². The predicted octanol–water partition coefficient (Wildman–Crippen LogP) is 2.16. The van der Waals surface area contributed by atoms with Crippen LogP contribution in [-0.4, -0.2) is 30.9 Å². The van der Waals surface area contributed by atoms with Gasteiger partial charge in [0.2, 0.25) is 0 Å². The van der Waals surface area contributed by atoms with Crippen LogP contribution in [0.4, 0.5) is 8.78 Å². The molecule has 1 aliphatic rings. The third kappa shape index (κ3) is 3.29. The molecule has 1 aromatic carbocycles. The van der Waals surface area contributed by atoms with Crippen LogP contribution in [0.5, 0.6) is 0 Å². The summed E-state index contributed by atoms with van der Waals surface area (Å²) in [5.41, 5.74) is -0.276. The summed E-state index contributed by atoms with van der Waals surface area (Å²) in [5, 5.41) is 13.0. The Balaban J connectivity index is 1.96. The van der Waals surface area contributed by atoms with Crippen LogP contribution in [-0.2, 0) is 4.74 Å². The first-order chi connectivity index (χ1) is 9.13. The standard InChI is InChI=1S/C14H19F2NO2/c1-19-13-7-3-6-11(13)17-8-12(18)14-9(15)4-2-5-10(14)16/h2,4-5,11-13,17-18H,3,6-8H2,1H3. The van der Waals surface area contributed by atoms with Crippen LogP contribution < -0.4 is 5.32 Å². The van der Waals surface area contributed by atoms with E-state index < -0.39 is 17.7 Å². The Morgan fingerprint density at radius 1 is 1.37 bits per heavy atom. The van der Waals surface area contributed by atoms with Gasteiger partial charge in [-0.15, -0.1) is 0 Å². The second-order valence-corrected chi connectivity index (χ2v) is 4.87. The SMILES string of the molecule is COC1CCCC1NCC(O)c1c(F)cccc1F. The molecule has 3 nitrogen and oxygen atoms in total. The number of benzene rings is 1. The second-order valence-electron chi connectivity index (χ2n) is 4.87. The average Bonchev–Trinajstić information content (AvgIpc) is 2.83. The molecule has 0 bridgehead atoms. The van der Waals surface area contributed by atoms with Crippen molar-refractivity contribution in [3.05, 3.63) is 35.4 Å². The maximum atomic E-state index is 13.5. The molecule has 0 radical (unpaired) electrons. The summed E-state index contributed by atoms with van der Waals surface area (Å²) >= 11 is 0. The molecule has 19 heavy (non-hydrogen) atoms. The first-order valence-corrected chi connectivity index (χ1v) is 6.51. The third-order valence-corrected chi connectivity index (χ3v) is 3.66. The smallest absolute Gasteiger partial charge is 0.131 e. The molecular weight excluding hydrogens is 252 g/mol. The van der Waals surface area contributed by atoms with Gasteiger partial charge in [0.15, 0.2) is 0 Å². The first-order valence-electron chi connectivity index (χ1n) is 6.51. The zero-order valence-corrected chi connectivity index (χ0v) is 10.9. The van der Waals surface area contributed by atoms with E-state index in [1.54, 1.807) is 7.11 Å². The molecule has 1 aliphatic carbocycles. The minimum absolute atomic E-state index is 0.109. The average molecular weight is 271 g/mol. The Morgan fingerprint density at radius 2 is 2.05 bits per heavy atom. The monoisotopic (exact) mass is 271 g/mol. The van der Waals surface area contributed by atoms with Gasteiger partial charge in [0.25, 0.3) is 0 Å². The van der Waals surface area contributed by atoms with Crippen molar-refractivity contribution >= 4 is 0 Å². The van der Waals surface area contributed by atoms with E-state index in [1.165, 1.54) is 6.07 Å². The van der Waals surface area contributed by atoms with Gasteiger partial charge in [-0.1, -0.05) is 6.07 Å². The normalized spacial score (nSPS) is 24.6. The van der Waals surface area contributed by atoms with E-state index in [9.17, 15) is 13.9 Å². The van der Waals surface area contributed by atoms with Gasteiger partial charge >= 0.3 is 0 Å². The highest BCUT2D eigenvalue weighted by molar-refractivity contribution is 5.22. The quantitative estimate of drug-likeness (QED) is 0.862. The van der Waals surface area contributed by atoms with Crippen molar-refractivity contribution in [2.75, 3.05) is 13.7 Å². The van der Waals surface area contributed by atoms with Crippen LogP contribution in [0.1, 0.15) is 30.9 Å². The lowest BCUT2D eigenvalue weighted by atomic mass is 10.1. The largest absolute Gasteiger partial charge is 0.387 e. The van der Waals surface area contributed by atoms with Gasteiger partial charge in [0.1, 0.15) is 11.6 Å². The fraction of sp³-hybridized carbons (Fsp3) is 0.571. The lowest BCUT2D eigenvalue weighted by Gasteiger charge is -2.22. The third-order valence-electron chi connectivity index (χ3n) is 3.66. The molecule has 0 amide bonds. The summed E-state index contributed by atoms with van der Waals surface area (Å²) in [5.74, 6) is -1.44. The minimum atomic E-state index is -1.20. The van der Waals surface area contributed by atoms with Crippen LogP contribution in [0, 0.1) is 11.6 Å². The zero-order chi connectivity index (χ0) is 13.8. The van der Waals surface area contributed by atoms with E-state index in [4.69, 9.17) is 4.74 Å². The van der Waals surface area contributed by atoms with E-state index in [-0.39, 0.29) is 24.3 Å². The van der Waals surface area contributed by atoms with Crippen LogP contribution in [0.15, 0.2) is 18.2 Å². The van der Waals surface area contributed by atoms with Crippen molar-refractivity contribution in [1.29, 1.82) is 0 Å². The predicted molar refractivity (Wildman–Crippen MR) is 67.8 cm³/mol. The summed E-state index contributed by atoms with van der Waals surface area (Å²) in [6.45, 7) is 0.113. The van der Waals surface area contributed by atoms with Crippen LogP contribution in [0.2, 0.25) is 0 Å². The van der Waals surface area contributed by atoms with Crippen molar-refractivity contribution in [3.8, 4) is 0 Å². The molecule has 0 saturated heterocycles. The van der Waals surface area contributed by atoms with Crippen LogP contribution in [0.25, 0.3) is 0 Å². The van der Waals surface area contributed by atoms with Crippen LogP contribution in [0.3, 0.4) is 0 Å². The number of methoxy groups -OCH3 is 1. The maximum absolute atomic E-state index is 13.5. The van der Waals surface area contributed by atoms with E-state index in [2.05, 4.69) is 5.32 Å². The highest BCUT2D eigenvalue weighted by atomic mass is 19.1. The van der Waals surface area contributed by atoms with Crippen molar-refractivity contribution < 1.29 is 18.6 Å². The molecule has 5 heteroatoms. The van der Waals surface area contributed by atoms with E-state index in [1.807, 2.05) is 0 Å². The minimum Gasteiger partial charge on any atom is -0.387 e. The van der Waals surface area contributed by atoms with Crippen molar-refractivity contribution in [1.82, 2.24) is 5.32 Å². The van der Waals surface area contributed by atoms with E-state index in [0.29, 0.717) is 0 Å². The van der Waals surface area contributed by atoms with Gasteiger partial charge < -0.3 is 15.2 Å². The molecule has 1 saturated carbocycles. The number of halogens is 2. The van der Waals surface area contributed by atoms with E-state index >= 15 is 0 Å². The molecule has 0 aliphatic heterocycles. The van der Waals surface area contributed by atoms with Gasteiger partial charge in [-0.2, -0.15) is 0 Å². The summed E-state index contributed by atoms with van der Waals surface area (Å²) in [4.78, 5) is 0. The number of aliphatic hydroxyl groups excluding tert-OH is 1. The zero-order valence-electron chi connectivity index (χ0n) is 10.9.